The van der Waals surface area contributed by atoms with Gasteiger partial charge in [-0.05, 0) is 39.0 Å². The predicted octanol–water partition coefficient (Wildman–Crippen LogP) is 5.17. The van der Waals surface area contributed by atoms with Crippen LogP contribution in [0.25, 0.3) is 22.2 Å². The quantitative estimate of drug-likeness (QED) is 0.599. The Labute approximate surface area is 145 Å². The lowest BCUT2D eigenvalue weighted by atomic mass is 10.1. The summed E-state index contributed by atoms with van der Waals surface area (Å²) in [6.45, 7) is 6.33. The minimum Gasteiger partial charge on any atom is -0.497 e. The van der Waals surface area contributed by atoms with Gasteiger partial charge < -0.3 is 9.30 Å². The van der Waals surface area contributed by atoms with E-state index in [4.69, 9.17) is 27.9 Å². The molecule has 0 atom stereocenters. The van der Waals surface area contributed by atoms with Crippen molar-refractivity contribution in [1.82, 2.24) is 14.5 Å². The smallest absolute Gasteiger partial charge is 0.145 e. The molecule has 4 nitrogen and oxygen atoms in total. The number of fused-ring (bicyclic) bond motifs is 1. The Hall–Kier alpha value is -1.78. The van der Waals surface area contributed by atoms with Crippen molar-refractivity contribution in [3.8, 4) is 16.9 Å². The lowest BCUT2D eigenvalue weighted by Crippen LogP contribution is -2.20. The summed E-state index contributed by atoms with van der Waals surface area (Å²) in [7, 11) is 1.63. The van der Waals surface area contributed by atoms with Crippen LogP contribution in [0.5, 0.6) is 5.75 Å². The van der Waals surface area contributed by atoms with Crippen molar-refractivity contribution in [2.45, 2.75) is 26.3 Å². The van der Waals surface area contributed by atoms with Crippen molar-refractivity contribution in [1.29, 1.82) is 0 Å². The number of hydrogen-bond acceptors (Lipinski definition) is 3. The van der Waals surface area contributed by atoms with Crippen molar-refractivity contribution in [2.75, 3.05) is 7.11 Å². The zero-order valence-electron chi connectivity index (χ0n) is 13.4. The molecular weight excluding hydrogens is 333 g/mol. The predicted molar refractivity (Wildman–Crippen MR) is 94.5 cm³/mol. The van der Waals surface area contributed by atoms with Crippen LogP contribution in [0.1, 0.15) is 20.8 Å². The average molecular weight is 350 g/mol. The van der Waals surface area contributed by atoms with Crippen LogP contribution in [0.2, 0.25) is 10.2 Å². The summed E-state index contributed by atoms with van der Waals surface area (Å²) in [6.07, 6.45) is 3.50. The molecule has 1 aromatic carbocycles. The Morgan fingerprint density at radius 3 is 2.48 bits per heavy atom. The van der Waals surface area contributed by atoms with E-state index in [9.17, 15) is 0 Å². The van der Waals surface area contributed by atoms with Crippen LogP contribution < -0.4 is 4.74 Å². The third-order valence-electron chi connectivity index (χ3n) is 3.72. The first kappa shape index (κ1) is 16.1. The minimum atomic E-state index is -0.153. The maximum atomic E-state index is 6.42. The molecule has 23 heavy (non-hydrogen) atoms. The number of rotatable bonds is 2. The van der Waals surface area contributed by atoms with Crippen LogP contribution in [-0.2, 0) is 5.54 Å². The highest BCUT2D eigenvalue weighted by Crippen LogP contribution is 2.40. The number of aromatic nitrogens is 3. The zero-order chi connectivity index (χ0) is 16.8. The van der Waals surface area contributed by atoms with E-state index in [1.54, 1.807) is 7.11 Å². The molecule has 0 unspecified atom stereocenters. The molecule has 2 aromatic heterocycles. The van der Waals surface area contributed by atoms with Crippen LogP contribution in [-0.4, -0.2) is 21.6 Å². The molecule has 0 saturated heterocycles. The van der Waals surface area contributed by atoms with Crippen LogP contribution in [0.3, 0.4) is 0 Å². The van der Waals surface area contributed by atoms with Gasteiger partial charge in [0.1, 0.15) is 22.9 Å². The second-order valence-corrected chi connectivity index (χ2v) is 7.06. The molecule has 120 valence electrons. The van der Waals surface area contributed by atoms with Crippen LogP contribution in [0, 0.1) is 0 Å². The molecule has 0 N–H and O–H groups in total. The number of hydrogen-bond donors (Lipinski definition) is 0. The fraction of sp³-hybridized carbons (Fsp3) is 0.294. The lowest BCUT2D eigenvalue weighted by molar-refractivity contribution is 0.408. The van der Waals surface area contributed by atoms with Crippen molar-refractivity contribution < 1.29 is 4.74 Å². The van der Waals surface area contributed by atoms with Gasteiger partial charge in [0.05, 0.1) is 12.5 Å². The molecule has 6 heteroatoms. The summed E-state index contributed by atoms with van der Waals surface area (Å²) < 4.78 is 7.40. The van der Waals surface area contributed by atoms with Gasteiger partial charge >= 0.3 is 0 Å². The summed E-state index contributed by atoms with van der Waals surface area (Å²) in [4.78, 5) is 8.55. The van der Waals surface area contributed by atoms with Gasteiger partial charge in [-0.2, -0.15) is 0 Å². The third kappa shape index (κ3) is 2.77. The Morgan fingerprint density at radius 1 is 1.09 bits per heavy atom. The largest absolute Gasteiger partial charge is 0.497 e. The first-order valence-corrected chi connectivity index (χ1v) is 7.94. The van der Waals surface area contributed by atoms with Gasteiger partial charge in [-0.25, -0.2) is 9.97 Å². The Balaban J connectivity index is 2.39. The van der Waals surface area contributed by atoms with Crippen molar-refractivity contribution >= 4 is 34.2 Å². The summed E-state index contributed by atoms with van der Waals surface area (Å²) in [5.41, 5.74) is 2.37. The first-order chi connectivity index (χ1) is 10.8. The van der Waals surface area contributed by atoms with E-state index in [-0.39, 0.29) is 5.54 Å². The molecule has 0 bridgehead atoms. The summed E-state index contributed by atoms with van der Waals surface area (Å²) in [5, 5.41) is 1.82. The monoisotopic (exact) mass is 349 g/mol. The number of halogens is 2. The standard InChI is InChI=1S/C17H17Cl2N3O/c1-17(2,3)22-8-12(14-15(19)20-9-21-16(14)22)11-7-10(23-4)5-6-13(11)18/h5-9H,1-4H3. The first-order valence-electron chi connectivity index (χ1n) is 7.19. The molecule has 0 fully saturated rings. The third-order valence-corrected chi connectivity index (χ3v) is 4.34. The highest BCUT2D eigenvalue weighted by Gasteiger charge is 2.23. The molecule has 0 aliphatic rings. The van der Waals surface area contributed by atoms with Gasteiger partial charge in [0.2, 0.25) is 0 Å². The fourth-order valence-corrected chi connectivity index (χ4v) is 3.03. The maximum Gasteiger partial charge on any atom is 0.145 e. The van der Waals surface area contributed by atoms with E-state index >= 15 is 0 Å². The molecule has 0 amide bonds. The highest BCUT2D eigenvalue weighted by molar-refractivity contribution is 6.37. The van der Waals surface area contributed by atoms with Crippen LogP contribution in [0.4, 0.5) is 0 Å². The number of nitrogens with zero attached hydrogens (tertiary/aromatic N) is 3. The Bertz CT molecular complexity index is 881. The molecule has 0 aliphatic heterocycles. The molecular formula is C17H17Cl2N3O. The molecule has 0 radical (unpaired) electrons. The SMILES string of the molecule is COc1ccc(Cl)c(-c2cn(C(C)(C)C)c3ncnc(Cl)c23)c1. The molecule has 0 spiro atoms. The summed E-state index contributed by atoms with van der Waals surface area (Å²) in [6, 6.07) is 5.54. The zero-order valence-corrected chi connectivity index (χ0v) is 14.9. The fourth-order valence-electron chi connectivity index (χ4n) is 2.58. The minimum absolute atomic E-state index is 0.153. The maximum absolute atomic E-state index is 6.42. The Morgan fingerprint density at radius 2 is 1.83 bits per heavy atom. The second kappa shape index (κ2) is 5.69. The Kier molecular flexibility index (Phi) is 3.98. The van der Waals surface area contributed by atoms with Crippen molar-refractivity contribution in [3.63, 3.8) is 0 Å². The molecule has 3 aromatic rings. The number of benzene rings is 1. The average Bonchev–Trinajstić information content (AvgIpc) is 2.89. The van der Waals surface area contributed by atoms with Gasteiger partial charge in [-0.1, -0.05) is 23.2 Å². The van der Waals surface area contributed by atoms with E-state index in [0.717, 1.165) is 27.9 Å². The molecule has 3 rings (SSSR count). The van der Waals surface area contributed by atoms with Crippen molar-refractivity contribution in [3.05, 3.63) is 40.9 Å². The topological polar surface area (TPSA) is 39.9 Å². The van der Waals surface area contributed by atoms with Gasteiger partial charge in [0.15, 0.2) is 0 Å². The number of ether oxygens (including phenoxy) is 1. The molecule has 2 heterocycles. The van der Waals surface area contributed by atoms with Gasteiger partial charge in [-0.3, -0.25) is 0 Å². The summed E-state index contributed by atoms with van der Waals surface area (Å²) >= 11 is 12.8. The lowest BCUT2D eigenvalue weighted by Gasteiger charge is -2.21. The van der Waals surface area contributed by atoms with E-state index in [1.165, 1.54) is 6.33 Å². The van der Waals surface area contributed by atoms with Gasteiger partial charge in [0, 0.05) is 27.9 Å². The molecule has 0 saturated carbocycles. The van der Waals surface area contributed by atoms with Crippen LogP contribution >= 0.6 is 23.2 Å². The normalized spacial score (nSPS) is 11.9. The van der Waals surface area contributed by atoms with Crippen molar-refractivity contribution in [2.24, 2.45) is 0 Å². The van der Waals surface area contributed by atoms with Crippen LogP contribution in [0.15, 0.2) is 30.7 Å². The summed E-state index contributed by atoms with van der Waals surface area (Å²) in [5.74, 6) is 0.731. The highest BCUT2D eigenvalue weighted by atomic mass is 35.5. The van der Waals surface area contributed by atoms with E-state index in [2.05, 4.69) is 35.3 Å². The van der Waals surface area contributed by atoms with E-state index < -0.39 is 0 Å². The molecule has 0 aliphatic carbocycles. The van der Waals surface area contributed by atoms with E-state index in [1.807, 2.05) is 24.4 Å². The van der Waals surface area contributed by atoms with Gasteiger partial charge in [-0.15, -0.1) is 0 Å². The van der Waals surface area contributed by atoms with E-state index in [0.29, 0.717) is 10.2 Å². The van der Waals surface area contributed by atoms with Gasteiger partial charge in [0.25, 0.3) is 0 Å². The second-order valence-electron chi connectivity index (χ2n) is 6.29. The number of methoxy groups -OCH3 is 1.